The highest BCUT2D eigenvalue weighted by molar-refractivity contribution is 7.09. The third-order valence-electron chi connectivity index (χ3n) is 3.38. The average Bonchev–Trinajstić information content (AvgIpc) is 2.97. The molecule has 2 unspecified atom stereocenters. The van der Waals surface area contributed by atoms with Crippen molar-refractivity contribution in [1.29, 1.82) is 0 Å². The van der Waals surface area contributed by atoms with Gasteiger partial charge >= 0.3 is 0 Å². The number of carbonyl (C=O) groups is 1. The molecule has 1 fully saturated rings. The van der Waals surface area contributed by atoms with Gasteiger partial charge in [0, 0.05) is 18.1 Å². The summed E-state index contributed by atoms with van der Waals surface area (Å²) < 4.78 is 0. The Labute approximate surface area is 130 Å². The molecule has 2 rings (SSSR count). The Kier molecular flexibility index (Phi) is 7.89. The Morgan fingerprint density at radius 1 is 1.63 bits per heavy atom. The van der Waals surface area contributed by atoms with Gasteiger partial charge in [-0.25, -0.2) is 4.98 Å². The van der Waals surface area contributed by atoms with Gasteiger partial charge in [-0.15, -0.1) is 36.2 Å². The van der Waals surface area contributed by atoms with Gasteiger partial charge in [-0.3, -0.25) is 4.79 Å². The summed E-state index contributed by atoms with van der Waals surface area (Å²) in [7, 11) is 0. The standard InChI is InChI=1S/C12H19N3OS.2ClH/c1-3-9(10-14-6-7-17-10)15-11(16)12(2)4-5-13-8-12;;/h6-7,9,13H,3-5,8H2,1-2H3,(H,15,16);2*1H. The van der Waals surface area contributed by atoms with Gasteiger partial charge in [-0.2, -0.15) is 0 Å². The van der Waals surface area contributed by atoms with E-state index in [9.17, 15) is 4.79 Å². The predicted molar refractivity (Wildman–Crippen MR) is 83.4 cm³/mol. The molecular formula is C12H21Cl2N3OS. The van der Waals surface area contributed by atoms with Crippen molar-refractivity contribution < 1.29 is 4.79 Å². The van der Waals surface area contributed by atoms with E-state index in [1.165, 1.54) is 0 Å². The van der Waals surface area contributed by atoms with E-state index >= 15 is 0 Å². The zero-order valence-electron chi connectivity index (χ0n) is 11.1. The first-order valence-electron chi connectivity index (χ1n) is 6.07. The van der Waals surface area contributed by atoms with Crippen molar-refractivity contribution in [2.75, 3.05) is 13.1 Å². The predicted octanol–water partition coefficient (Wildman–Crippen LogP) is 2.55. The SMILES string of the molecule is CCC(NC(=O)C1(C)CCNC1)c1nccs1.Cl.Cl. The summed E-state index contributed by atoms with van der Waals surface area (Å²) in [5.74, 6) is 0.143. The van der Waals surface area contributed by atoms with Gasteiger partial charge < -0.3 is 10.6 Å². The Morgan fingerprint density at radius 2 is 2.37 bits per heavy atom. The molecular weight excluding hydrogens is 305 g/mol. The van der Waals surface area contributed by atoms with Crippen molar-refractivity contribution in [2.24, 2.45) is 5.41 Å². The number of aromatic nitrogens is 1. The fraction of sp³-hybridized carbons (Fsp3) is 0.667. The summed E-state index contributed by atoms with van der Waals surface area (Å²) in [6.07, 6.45) is 3.57. The summed E-state index contributed by atoms with van der Waals surface area (Å²) in [5, 5.41) is 9.31. The number of carbonyl (C=O) groups excluding carboxylic acids is 1. The number of thiazole rings is 1. The molecule has 0 spiro atoms. The molecule has 1 saturated heterocycles. The van der Waals surface area contributed by atoms with Crippen LogP contribution in [-0.4, -0.2) is 24.0 Å². The van der Waals surface area contributed by atoms with Gasteiger partial charge in [0.2, 0.25) is 5.91 Å². The Morgan fingerprint density at radius 3 is 2.84 bits per heavy atom. The van der Waals surface area contributed by atoms with E-state index in [4.69, 9.17) is 0 Å². The van der Waals surface area contributed by atoms with Crippen LogP contribution in [0, 0.1) is 5.41 Å². The molecule has 19 heavy (non-hydrogen) atoms. The largest absolute Gasteiger partial charge is 0.346 e. The molecule has 2 atom stereocenters. The highest BCUT2D eigenvalue weighted by Gasteiger charge is 2.37. The number of nitrogens with one attached hydrogen (secondary N) is 2. The fourth-order valence-electron chi connectivity index (χ4n) is 2.09. The van der Waals surface area contributed by atoms with Crippen molar-refractivity contribution in [3.63, 3.8) is 0 Å². The summed E-state index contributed by atoms with van der Waals surface area (Å²) in [5.41, 5.74) is -0.259. The number of nitrogens with zero attached hydrogens (tertiary/aromatic N) is 1. The number of hydrogen-bond donors (Lipinski definition) is 2. The molecule has 110 valence electrons. The third kappa shape index (κ3) is 4.31. The van der Waals surface area contributed by atoms with Gasteiger partial charge in [0.25, 0.3) is 0 Å². The molecule has 0 radical (unpaired) electrons. The minimum atomic E-state index is -0.259. The van der Waals surface area contributed by atoms with Crippen LogP contribution < -0.4 is 10.6 Å². The van der Waals surface area contributed by atoms with Crippen LogP contribution >= 0.6 is 36.2 Å². The molecule has 2 N–H and O–H groups in total. The Balaban J connectivity index is 0.00000162. The summed E-state index contributed by atoms with van der Waals surface area (Å²) >= 11 is 1.60. The molecule has 2 heterocycles. The highest BCUT2D eigenvalue weighted by Crippen LogP contribution is 2.27. The maximum Gasteiger partial charge on any atom is 0.227 e. The molecule has 0 aliphatic carbocycles. The highest BCUT2D eigenvalue weighted by atomic mass is 35.5. The van der Waals surface area contributed by atoms with Crippen LogP contribution in [0.5, 0.6) is 0 Å². The van der Waals surface area contributed by atoms with Crippen molar-refractivity contribution in [1.82, 2.24) is 15.6 Å². The number of rotatable bonds is 4. The second kappa shape index (κ2) is 8.04. The molecule has 1 aliphatic heterocycles. The lowest BCUT2D eigenvalue weighted by Crippen LogP contribution is -2.42. The first-order valence-corrected chi connectivity index (χ1v) is 6.95. The molecule has 7 heteroatoms. The molecule has 1 amide bonds. The van der Waals surface area contributed by atoms with E-state index in [0.29, 0.717) is 0 Å². The van der Waals surface area contributed by atoms with Crippen LogP contribution in [0.1, 0.15) is 37.7 Å². The molecule has 0 saturated carbocycles. The zero-order valence-corrected chi connectivity index (χ0v) is 13.6. The maximum absolute atomic E-state index is 12.3. The minimum Gasteiger partial charge on any atom is -0.346 e. The number of halogens is 2. The second-order valence-corrected chi connectivity index (χ2v) is 5.72. The monoisotopic (exact) mass is 325 g/mol. The van der Waals surface area contributed by atoms with E-state index < -0.39 is 0 Å². The molecule has 0 aromatic carbocycles. The lowest BCUT2D eigenvalue weighted by atomic mass is 9.88. The molecule has 0 bridgehead atoms. The summed E-state index contributed by atoms with van der Waals surface area (Å²) in [4.78, 5) is 16.5. The van der Waals surface area contributed by atoms with Crippen LogP contribution in [0.3, 0.4) is 0 Å². The maximum atomic E-state index is 12.3. The Bertz CT molecular complexity index is 380. The van der Waals surface area contributed by atoms with Crippen LogP contribution in [0.4, 0.5) is 0 Å². The smallest absolute Gasteiger partial charge is 0.227 e. The van der Waals surface area contributed by atoms with Crippen LogP contribution in [-0.2, 0) is 4.79 Å². The number of hydrogen-bond acceptors (Lipinski definition) is 4. The molecule has 1 aromatic rings. The first kappa shape index (κ1) is 18.6. The van der Waals surface area contributed by atoms with Crippen LogP contribution in [0.15, 0.2) is 11.6 Å². The van der Waals surface area contributed by atoms with Crippen LogP contribution in [0.2, 0.25) is 0 Å². The lowest BCUT2D eigenvalue weighted by Gasteiger charge is -2.24. The Hall–Kier alpha value is -0.360. The van der Waals surface area contributed by atoms with Gasteiger partial charge in [-0.05, 0) is 26.3 Å². The van der Waals surface area contributed by atoms with Crippen molar-refractivity contribution >= 4 is 42.1 Å². The van der Waals surface area contributed by atoms with E-state index in [2.05, 4.69) is 22.5 Å². The van der Waals surface area contributed by atoms with Gasteiger partial charge in [0.1, 0.15) is 5.01 Å². The van der Waals surface area contributed by atoms with Crippen molar-refractivity contribution in [3.8, 4) is 0 Å². The van der Waals surface area contributed by atoms with E-state index in [1.54, 1.807) is 17.5 Å². The second-order valence-electron chi connectivity index (χ2n) is 4.79. The fourth-order valence-corrected chi connectivity index (χ4v) is 2.86. The summed E-state index contributed by atoms with van der Waals surface area (Å²) in [6.45, 7) is 5.80. The normalized spacial score (nSPS) is 23.1. The zero-order chi connectivity index (χ0) is 12.3. The van der Waals surface area contributed by atoms with Crippen molar-refractivity contribution in [2.45, 2.75) is 32.7 Å². The quantitative estimate of drug-likeness (QED) is 0.894. The molecule has 4 nitrogen and oxygen atoms in total. The van der Waals surface area contributed by atoms with E-state index in [1.807, 2.05) is 12.3 Å². The van der Waals surface area contributed by atoms with E-state index in [-0.39, 0.29) is 42.2 Å². The van der Waals surface area contributed by atoms with Gasteiger partial charge in [-0.1, -0.05) is 6.92 Å². The van der Waals surface area contributed by atoms with Gasteiger partial charge in [0.05, 0.1) is 11.5 Å². The minimum absolute atomic E-state index is 0. The third-order valence-corrected chi connectivity index (χ3v) is 4.27. The molecule has 1 aliphatic rings. The van der Waals surface area contributed by atoms with Crippen LogP contribution in [0.25, 0.3) is 0 Å². The van der Waals surface area contributed by atoms with Gasteiger partial charge in [0.15, 0.2) is 0 Å². The summed E-state index contributed by atoms with van der Waals surface area (Å²) in [6, 6.07) is 0.0555. The lowest BCUT2D eigenvalue weighted by molar-refractivity contribution is -0.130. The van der Waals surface area contributed by atoms with E-state index in [0.717, 1.165) is 30.9 Å². The molecule has 1 aromatic heterocycles. The average molecular weight is 326 g/mol. The first-order chi connectivity index (χ1) is 8.15. The number of amides is 1. The van der Waals surface area contributed by atoms with Crippen molar-refractivity contribution in [3.05, 3.63) is 16.6 Å². The topological polar surface area (TPSA) is 54.0 Å².